The zero-order valence-electron chi connectivity index (χ0n) is 13.8. The summed E-state index contributed by atoms with van der Waals surface area (Å²) in [5.41, 5.74) is 0.129. The SMILES string of the molecule is O=C(N[C@@H]1CC[C@@H](Oc2cccc(F)c2)[C@H](O)[C@H]1O)c1cccc(F)c1. The molecule has 1 amide bonds. The Balaban J connectivity index is 1.62. The molecule has 0 spiro atoms. The largest absolute Gasteiger partial charge is 0.488 e. The Morgan fingerprint density at radius 3 is 2.38 bits per heavy atom. The Kier molecular flexibility index (Phi) is 5.49. The van der Waals surface area contributed by atoms with Gasteiger partial charge in [-0.1, -0.05) is 12.1 Å². The predicted molar refractivity (Wildman–Crippen MR) is 89.7 cm³/mol. The fourth-order valence-corrected chi connectivity index (χ4v) is 3.03. The Morgan fingerprint density at radius 1 is 1.00 bits per heavy atom. The predicted octanol–water partition coefficient (Wildman–Crippen LogP) is 2.03. The molecule has 1 fully saturated rings. The van der Waals surface area contributed by atoms with Gasteiger partial charge in [0.15, 0.2) is 0 Å². The number of hydrogen-bond acceptors (Lipinski definition) is 4. The molecular formula is C19H19F2NO4. The first-order chi connectivity index (χ1) is 12.4. The van der Waals surface area contributed by atoms with Gasteiger partial charge in [0.2, 0.25) is 0 Å². The molecule has 138 valence electrons. The maximum Gasteiger partial charge on any atom is 0.251 e. The number of ether oxygens (including phenoxy) is 1. The fourth-order valence-electron chi connectivity index (χ4n) is 3.03. The minimum Gasteiger partial charge on any atom is -0.488 e. The van der Waals surface area contributed by atoms with Gasteiger partial charge in [-0.2, -0.15) is 0 Å². The fraction of sp³-hybridized carbons (Fsp3) is 0.316. The number of rotatable bonds is 4. The minimum atomic E-state index is -1.26. The van der Waals surface area contributed by atoms with Crippen LogP contribution in [-0.2, 0) is 0 Å². The number of halogens is 2. The average molecular weight is 363 g/mol. The second-order valence-corrected chi connectivity index (χ2v) is 6.26. The minimum absolute atomic E-state index is 0.129. The Hall–Kier alpha value is -2.51. The molecule has 5 nitrogen and oxygen atoms in total. The van der Waals surface area contributed by atoms with Gasteiger partial charge in [-0.25, -0.2) is 8.78 Å². The quantitative estimate of drug-likeness (QED) is 0.777. The first-order valence-corrected chi connectivity index (χ1v) is 8.29. The second-order valence-electron chi connectivity index (χ2n) is 6.26. The van der Waals surface area contributed by atoms with Gasteiger partial charge in [-0.15, -0.1) is 0 Å². The zero-order chi connectivity index (χ0) is 18.7. The molecule has 1 saturated carbocycles. The maximum atomic E-state index is 13.2. The number of carbonyl (C=O) groups excluding carboxylic acids is 1. The summed E-state index contributed by atoms with van der Waals surface area (Å²) in [7, 11) is 0. The van der Waals surface area contributed by atoms with Gasteiger partial charge in [-0.05, 0) is 43.2 Å². The number of benzene rings is 2. The summed E-state index contributed by atoms with van der Waals surface area (Å²) in [5.74, 6) is -1.28. The van der Waals surface area contributed by atoms with E-state index in [0.29, 0.717) is 12.8 Å². The molecule has 4 atom stereocenters. The van der Waals surface area contributed by atoms with Crippen LogP contribution in [0.3, 0.4) is 0 Å². The monoisotopic (exact) mass is 363 g/mol. The number of nitrogens with one attached hydrogen (secondary N) is 1. The van der Waals surface area contributed by atoms with Crippen LogP contribution in [0.1, 0.15) is 23.2 Å². The molecule has 3 rings (SSSR count). The van der Waals surface area contributed by atoms with Gasteiger partial charge in [0, 0.05) is 11.6 Å². The molecule has 3 N–H and O–H groups in total. The normalized spacial score (nSPS) is 25.5. The van der Waals surface area contributed by atoms with Crippen molar-refractivity contribution >= 4 is 5.91 Å². The van der Waals surface area contributed by atoms with E-state index in [1.807, 2.05) is 0 Å². The van der Waals surface area contributed by atoms with E-state index in [4.69, 9.17) is 4.74 Å². The maximum absolute atomic E-state index is 13.2. The van der Waals surface area contributed by atoms with Crippen molar-refractivity contribution in [1.29, 1.82) is 0 Å². The summed E-state index contributed by atoms with van der Waals surface area (Å²) < 4.78 is 32.0. The van der Waals surface area contributed by atoms with Crippen LogP contribution in [0.5, 0.6) is 5.75 Å². The first kappa shape index (κ1) is 18.3. The molecule has 2 aromatic rings. The van der Waals surface area contributed by atoms with Crippen molar-refractivity contribution in [2.24, 2.45) is 0 Å². The summed E-state index contributed by atoms with van der Waals surface area (Å²) in [6, 6.07) is 10.0. The van der Waals surface area contributed by atoms with Gasteiger partial charge in [0.05, 0.1) is 6.04 Å². The summed E-state index contributed by atoms with van der Waals surface area (Å²) in [6.45, 7) is 0. The van der Waals surface area contributed by atoms with Crippen LogP contribution in [-0.4, -0.2) is 40.5 Å². The van der Waals surface area contributed by atoms with E-state index in [1.54, 1.807) is 6.07 Å². The molecule has 1 aliphatic rings. The highest BCUT2D eigenvalue weighted by Gasteiger charge is 2.39. The lowest BCUT2D eigenvalue weighted by molar-refractivity contribution is -0.0874. The van der Waals surface area contributed by atoms with Gasteiger partial charge < -0.3 is 20.3 Å². The Labute approximate surface area is 149 Å². The number of hydrogen-bond donors (Lipinski definition) is 3. The van der Waals surface area contributed by atoms with Crippen molar-refractivity contribution in [2.45, 2.75) is 37.2 Å². The third-order valence-electron chi connectivity index (χ3n) is 4.39. The third kappa shape index (κ3) is 4.17. The van der Waals surface area contributed by atoms with Gasteiger partial charge in [-0.3, -0.25) is 4.79 Å². The highest BCUT2D eigenvalue weighted by Crippen LogP contribution is 2.25. The van der Waals surface area contributed by atoms with E-state index < -0.39 is 41.9 Å². The summed E-state index contributed by atoms with van der Waals surface area (Å²) in [6.07, 6.45) is -2.55. The molecule has 7 heteroatoms. The lowest BCUT2D eigenvalue weighted by atomic mass is 9.87. The van der Waals surface area contributed by atoms with Gasteiger partial charge >= 0.3 is 0 Å². The van der Waals surface area contributed by atoms with Crippen LogP contribution in [0.25, 0.3) is 0 Å². The summed E-state index contributed by atoms with van der Waals surface area (Å²) in [4.78, 5) is 12.2. The molecular weight excluding hydrogens is 344 g/mol. The molecule has 2 aromatic carbocycles. The smallest absolute Gasteiger partial charge is 0.251 e. The molecule has 0 saturated heterocycles. The molecule has 0 radical (unpaired) electrons. The average Bonchev–Trinajstić information content (AvgIpc) is 2.61. The van der Waals surface area contributed by atoms with E-state index in [2.05, 4.69) is 5.32 Å². The molecule has 1 aliphatic carbocycles. The highest BCUT2D eigenvalue weighted by atomic mass is 19.1. The lowest BCUT2D eigenvalue weighted by Gasteiger charge is -2.37. The van der Waals surface area contributed by atoms with E-state index in [1.165, 1.54) is 36.4 Å². The van der Waals surface area contributed by atoms with Crippen molar-refractivity contribution < 1.29 is 28.5 Å². The van der Waals surface area contributed by atoms with Crippen LogP contribution >= 0.6 is 0 Å². The molecule has 0 aliphatic heterocycles. The molecule has 0 bridgehead atoms. The lowest BCUT2D eigenvalue weighted by Crippen LogP contribution is -2.57. The zero-order valence-corrected chi connectivity index (χ0v) is 13.8. The van der Waals surface area contributed by atoms with Crippen molar-refractivity contribution in [3.05, 3.63) is 65.7 Å². The van der Waals surface area contributed by atoms with Crippen LogP contribution in [0.15, 0.2) is 48.5 Å². The molecule has 0 heterocycles. The topological polar surface area (TPSA) is 78.8 Å². The number of carbonyl (C=O) groups is 1. The highest BCUT2D eigenvalue weighted by molar-refractivity contribution is 5.94. The molecule has 0 aromatic heterocycles. The van der Waals surface area contributed by atoms with E-state index >= 15 is 0 Å². The van der Waals surface area contributed by atoms with Crippen LogP contribution in [0.2, 0.25) is 0 Å². The van der Waals surface area contributed by atoms with Crippen LogP contribution in [0, 0.1) is 11.6 Å². The standard InChI is InChI=1S/C19H19F2NO4/c20-12-4-1-3-11(9-12)19(25)22-15-7-8-16(18(24)17(15)23)26-14-6-2-5-13(21)10-14/h1-6,9-10,15-18,23-24H,7-8H2,(H,22,25)/t15-,16-,17+,18+/m1/s1. The van der Waals surface area contributed by atoms with Crippen molar-refractivity contribution in [1.82, 2.24) is 5.32 Å². The van der Waals surface area contributed by atoms with Crippen molar-refractivity contribution in [3.8, 4) is 5.75 Å². The molecule has 0 unspecified atom stereocenters. The van der Waals surface area contributed by atoms with E-state index in [-0.39, 0.29) is 11.3 Å². The number of amides is 1. The number of aliphatic hydroxyl groups excluding tert-OH is 2. The van der Waals surface area contributed by atoms with Crippen LogP contribution in [0.4, 0.5) is 8.78 Å². The van der Waals surface area contributed by atoms with Crippen molar-refractivity contribution in [2.75, 3.05) is 0 Å². The number of aliphatic hydroxyl groups is 2. The second kappa shape index (κ2) is 7.80. The Bertz CT molecular complexity index is 786. The molecule has 26 heavy (non-hydrogen) atoms. The summed E-state index contributed by atoms with van der Waals surface area (Å²) in [5, 5.41) is 23.2. The van der Waals surface area contributed by atoms with E-state index in [0.717, 1.165) is 6.07 Å². The van der Waals surface area contributed by atoms with Crippen LogP contribution < -0.4 is 10.1 Å². The van der Waals surface area contributed by atoms with Gasteiger partial charge in [0.25, 0.3) is 5.91 Å². The Morgan fingerprint density at radius 2 is 1.69 bits per heavy atom. The summed E-state index contributed by atoms with van der Waals surface area (Å²) >= 11 is 0. The van der Waals surface area contributed by atoms with Gasteiger partial charge in [0.1, 0.15) is 35.7 Å². The van der Waals surface area contributed by atoms with E-state index in [9.17, 15) is 23.8 Å². The first-order valence-electron chi connectivity index (χ1n) is 8.29. The van der Waals surface area contributed by atoms with Crippen molar-refractivity contribution in [3.63, 3.8) is 0 Å². The third-order valence-corrected chi connectivity index (χ3v) is 4.39.